The van der Waals surface area contributed by atoms with Gasteiger partial charge in [-0.3, -0.25) is 4.99 Å². The Morgan fingerprint density at radius 1 is 1.21 bits per heavy atom. The molecule has 3 rings (SSSR count). The molecule has 0 aromatic carbocycles. The van der Waals surface area contributed by atoms with Crippen molar-refractivity contribution >= 4 is 46.4 Å². The van der Waals surface area contributed by atoms with Gasteiger partial charge in [0.2, 0.25) is 0 Å². The molecular formula is C17H30IN5S. The van der Waals surface area contributed by atoms with Crippen LogP contribution in [0.25, 0.3) is 0 Å². The summed E-state index contributed by atoms with van der Waals surface area (Å²) in [6.45, 7) is 7.08. The Kier molecular flexibility index (Phi) is 7.59. The highest BCUT2D eigenvalue weighted by atomic mass is 127. The minimum absolute atomic E-state index is 0. The topological polar surface area (TPSA) is 57.8 Å². The van der Waals surface area contributed by atoms with E-state index >= 15 is 0 Å². The molecule has 2 heterocycles. The minimum Gasteiger partial charge on any atom is -0.370 e. The van der Waals surface area contributed by atoms with Gasteiger partial charge in [-0.1, -0.05) is 32.6 Å². The summed E-state index contributed by atoms with van der Waals surface area (Å²) in [4.78, 5) is 13.7. The van der Waals surface area contributed by atoms with Crippen LogP contribution in [0.1, 0.15) is 45.4 Å². The van der Waals surface area contributed by atoms with Gasteiger partial charge in [0.15, 0.2) is 11.1 Å². The van der Waals surface area contributed by atoms with E-state index < -0.39 is 0 Å². The van der Waals surface area contributed by atoms with Crippen molar-refractivity contribution in [1.29, 1.82) is 0 Å². The van der Waals surface area contributed by atoms with Crippen LogP contribution in [0, 0.1) is 5.41 Å². The largest absolute Gasteiger partial charge is 0.370 e. The second kappa shape index (κ2) is 9.22. The highest BCUT2D eigenvalue weighted by Crippen LogP contribution is 2.34. The SMILES string of the molecule is CC1(CN=C(N)N2CCN(c3nccs3)CC2)CCCCCC1.I. The maximum absolute atomic E-state index is 6.27. The minimum atomic E-state index is 0. The highest BCUT2D eigenvalue weighted by Gasteiger charge is 2.26. The Bertz CT molecular complexity index is 503. The average Bonchev–Trinajstić information content (AvgIpc) is 3.02. The summed E-state index contributed by atoms with van der Waals surface area (Å²) in [5.74, 6) is 0.731. The van der Waals surface area contributed by atoms with E-state index in [0.717, 1.165) is 43.8 Å². The summed E-state index contributed by atoms with van der Waals surface area (Å²) in [5.41, 5.74) is 6.62. The number of hydrogen-bond acceptors (Lipinski definition) is 4. The number of nitrogens with zero attached hydrogens (tertiary/aromatic N) is 4. The molecule has 1 aromatic heterocycles. The summed E-state index contributed by atoms with van der Waals surface area (Å²) in [7, 11) is 0. The Morgan fingerprint density at radius 2 is 1.88 bits per heavy atom. The molecule has 5 nitrogen and oxygen atoms in total. The fourth-order valence-electron chi connectivity index (χ4n) is 3.61. The first kappa shape index (κ1) is 19.8. The maximum atomic E-state index is 6.27. The molecule has 136 valence electrons. The molecule has 1 saturated heterocycles. The summed E-state index contributed by atoms with van der Waals surface area (Å²) in [6, 6.07) is 0. The number of aliphatic imine (C=N–C) groups is 1. The third-order valence-corrected chi connectivity index (χ3v) is 6.06. The number of hydrogen-bond donors (Lipinski definition) is 1. The number of thiazole rings is 1. The summed E-state index contributed by atoms with van der Waals surface area (Å²) >= 11 is 1.70. The lowest BCUT2D eigenvalue weighted by molar-refractivity contribution is 0.287. The summed E-state index contributed by atoms with van der Waals surface area (Å²) in [5, 5.41) is 3.15. The van der Waals surface area contributed by atoms with Crippen molar-refractivity contribution in [2.24, 2.45) is 16.1 Å². The van der Waals surface area contributed by atoms with Crippen LogP contribution < -0.4 is 10.6 Å². The molecule has 0 bridgehead atoms. The fourth-order valence-corrected chi connectivity index (χ4v) is 4.31. The lowest BCUT2D eigenvalue weighted by Gasteiger charge is -2.35. The number of halogens is 1. The lowest BCUT2D eigenvalue weighted by Crippen LogP contribution is -2.51. The molecule has 1 aliphatic carbocycles. The molecule has 2 N–H and O–H groups in total. The standard InChI is InChI=1S/C17H29N5S.HI/c1-17(6-4-2-3-5-7-17)14-20-15(18)21-9-11-22(12-10-21)16-19-8-13-23-16;/h8,13H,2-7,9-12,14H2,1H3,(H2,18,20);1H. The van der Waals surface area contributed by atoms with Gasteiger partial charge < -0.3 is 15.5 Å². The molecule has 1 aromatic rings. The number of rotatable bonds is 3. The third-order valence-electron chi connectivity index (χ3n) is 5.23. The number of piperazine rings is 1. The second-order valence-corrected chi connectivity index (χ2v) is 8.06. The van der Waals surface area contributed by atoms with Crippen molar-refractivity contribution in [3.05, 3.63) is 11.6 Å². The highest BCUT2D eigenvalue weighted by molar-refractivity contribution is 14.0. The Balaban J connectivity index is 0.00000208. The van der Waals surface area contributed by atoms with Crippen LogP contribution in [-0.2, 0) is 0 Å². The van der Waals surface area contributed by atoms with Crippen molar-refractivity contribution in [3.63, 3.8) is 0 Å². The zero-order valence-corrected chi connectivity index (χ0v) is 17.8. The molecule has 7 heteroatoms. The Morgan fingerprint density at radius 3 is 2.46 bits per heavy atom. The van der Waals surface area contributed by atoms with Gasteiger partial charge in [0.1, 0.15) is 0 Å². The first-order valence-electron chi connectivity index (χ1n) is 8.86. The first-order valence-corrected chi connectivity index (χ1v) is 9.74. The smallest absolute Gasteiger partial charge is 0.191 e. The van der Waals surface area contributed by atoms with Crippen molar-refractivity contribution in [2.75, 3.05) is 37.6 Å². The summed E-state index contributed by atoms with van der Waals surface area (Å²) in [6.07, 6.45) is 9.91. The second-order valence-electron chi connectivity index (χ2n) is 7.19. The van der Waals surface area contributed by atoms with Gasteiger partial charge in [0, 0.05) is 44.3 Å². The average molecular weight is 463 g/mol. The number of guanidine groups is 1. The molecule has 0 unspecified atom stereocenters. The van der Waals surface area contributed by atoms with Gasteiger partial charge in [0.05, 0.1) is 0 Å². The molecule has 2 fully saturated rings. The van der Waals surface area contributed by atoms with Gasteiger partial charge >= 0.3 is 0 Å². The lowest BCUT2D eigenvalue weighted by atomic mass is 9.83. The molecule has 1 saturated carbocycles. The number of anilines is 1. The van der Waals surface area contributed by atoms with Crippen molar-refractivity contribution in [1.82, 2.24) is 9.88 Å². The Labute approximate surface area is 166 Å². The van der Waals surface area contributed by atoms with Gasteiger partial charge in [-0.25, -0.2) is 4.98 Å². The predicted molar refractivity (Wildman–Crippen MR) is 114 cm³/mol. The Hall–Kier alpha value is -0.570. The first-order chi connectivity index (χ1) is 11.2. The van der Waals surface area contributed by atoms with Crippen LogP contribution >= 0.6 is 35.3 Å². The van der Waals surface area contributed by atoms with E-state index in [0.29, 0.717) is 5.41 Å². The summed E-state index contributed by atoms with van der Waals surface area (Å²) < 4.78 is 0. The van der Waals surface area contributed by atoms with Crippen molar-refractivity contribution < 1.29 is 0 Å². The van der Waals surface area contributed by atoms with Gasteiger partial charge in [-0.15, -0.1) is 35.3 Å². The van der Waals surface area contributed by atoms with E-state index in [2.05, 4.69) is 21.7 Å². The zero-order chi connectivity index (χ0) is 16.1. The van der Waals surface area contributed by atoms with Crippen LogP contribution in [0.15, 0.2) is 16.6 Å². The quantitative estimate of drug-likeness (QED) is 0.323. The normalized spacial score (nSPS) is 22.0. The molecule has 2 aliphatic rings. The van der Waals surface area contributed by atoms with Crippen LogP contribution in [0.3, 0.4) is 0 Å². The molecule has 0 amide bonds. The third kappa shape index (κ3) is 5.21. The van der Waals surface area contributed by atoms with Crippen molar-refractivity contribution in [2.45, 2.75) is 45.4 Å². The predicted octanol–water partition coefficient (Wildman–Crippen LogP) is 3.56. The van der Waals surface area contributed by atoms with Crippen LogP contribution in [0.5, 0.6) is 0 Å². The van der Waals surface area contributed by atoms with Crippen molar-refractivity contribution in [3.8, 4) is 0 Å². The van der Waals surface area contributed by atoms with E-state index in [1.807, 2.05) is 11.6 Å². The number of aromatic nitrogens is 1. The van der Waals surface area contributed by atoms with Gasteiger partial charge in [-0.05, 0) is 18.3 Å². The number of nitrogens with two attached hydrogens (primary N) is 1. The van der Waals surface area contributed by atoms with E-state index in [-0.39, 0.29) is 24.0 Å². The van der Waals surface area contributed by atoms with E-state index in [1.165, 1.54) is 38.5 Å². The maximum Gasteiger partial charge on any atom is 0.191 e. The van der Waals surface area contributed by atoms with E-state index in [4.69, 9.17) is 10.7 Å². The van der Waals surface area contributed by atoms with Crippen LogP contribution in [-0.4, -0.2) is 48.6 Å². The van der Waals surface area contributed by atoms with Crippen LogP contribution in [0.4, 0.5) is 5.13 Å². The fraction of sp³-hybridized carbons (Fsp3) is 0.765. The molecule has 0 atom stereocenters. The van der Waals surface area contributed by atoms with Crippen LogP contribution in [0.2, 0.25) is 0 Å². The molecule has 0 radical (unpaired) electrons. The molecule has 0 spiro atoms. The molecule has 24 heavy (non-hydrogen) atoms. The van der Waals surface area contributed by atoms with E-state index in [9.17, 15) is 0 Å². The van der Waals surface area contributed by atoms with E-state index in [1.54, 1.807) is 11.3 Å². The zero-order valence-electron chi connectivity index (χ0n) is 14.6. The van der Waals surface area contributed by atoms with Gasteiger partial charge in [-0.2, -0.15) is 0 Å². The monoisotopic (exact) mass is 463 g/mol. The van der Waals surface area contributed by atoms with Gasteiger partial charge in [0.25, 0.3) is 0 Å². The molecule has 1 aliphatic heterocycles. The molecular weight excluding hydrogens is 433 g/mol.